The number of esters is 1. The molecule has 262 valence electrons. The van der Waals surface area contributed by atoms with E-state index in [-0.39, 0.29) is 44.5 Å². The Bertz CT molecular complexity index is 1500. The van der Waals surface area contributed by atoms with Crippen molar-refractivity contribution >= 4 is 23.7 Å². The molecule has 0 unspecified atom stereocenters. The molecule has 0 aliphatic carbocycles. The molecule has 3 aliphatic rings. The molecule has 8 atom stereocenters. The van der Waals surface area contributed by atoms with Gasteiger partial charge < -0.3 is 34.4 Å². The van der Waals surface area contributed by atoms with Gasteiger partial charge in [-0.2, -0.15) is 0 Å². The zero-order valence-electron chi connectivity index (χ0n) is 28.2. The lowest BCUT2D eigenvalue weighted by molar-refractivity contribution is -0.163. The predicted molar refractivity (Wildman–Crippen MR) is 182 cm³/mol. The van der Waals surface area contributed by atoms with Crippen LogP contribution in [0, 0.1) is 11.8 Å². The molecular weight excluding hydrogens is 626 g/mol. The quantitative estimate of drug-likeness (QED) is 0.193. The zero-order chi connectivity index (χ0) is 35.1. The number of hydrogen-bond donors (Lipinski definition) is 2. The monoisotopic (exact) mass is 673 g/mol. The minimum atomic E-state index is -1.28. The Kier molecular flexibility index (Phi) is 11.7. The number of nitrogens with one attached hydrogen (secondary N) is 1. The predicted octanol–water partition coefficient (Wildman–Crippen LogP) is 3.34. The number of likely N-dealkylation sites (tertiary alicyclic amines) is 1. The Morgan fingerprint density at radius 2 is 1.82 bits per heavy atom. The van der Waals surface area contributed by atoms with Gasteiger partial charge in [0, 0.05) is 26.6 Å². The zero-order valence-corrected chi connectivity index (χ0v) is 28.2. The van der Waals surface area contributed by atoms with Crippen LogP contribution >= 0.6 is 0 Å². The second kappa shape index (κ2) is 15.9. The summed E-state index contributed by atoms with van der Waals surface area (Å²) in [6.07, 6.45) is 3.23. The number of fused-ring (bicyclic) bond motifs is 1. The lowest BCUT2D eigenvalue weighted by Crippen LogP contribution is -2.58. The van der Waals surface area contributed by atoms with Gasteiger partial charge in [0.05, 0.1) is 43.2 Å². The van der Waals surface area contributed by atoms with E-state index < -0.39 is 59.6 Å². The second-order valence-corrected chi connectivity index (χ2v) is 13.1. The maximum Gasteiger partial charge on any atom is 0.313 e. The lowest BCUT2D eigenvalue weighted by atomic mass is 9.70. The Morgan fingerprint density at radius 1 is 1.12 bits per heavy atom. The smallest absolute Gasteiger partial charge is 0.313 e. The highest BCUT2D eigenvalue weighted by Gasteiger charge is 2.75. The maximum absolute atomic E-state index is 14.6. The number of carbonyl (C=O) groups is 4. The van der Waals surface area contributed by atoms with Crippen LogP contribution in [0.15, 0.2) is 86.0 Å². The van der Waals surface area contributed by atoms with Gasteiger partial charge in [-0.25, -0.2) is 0 Å². The molecule has 11 nitrogen and oxygen atoms in total. The first-order valence-corrected chi connectivity index (χ1v) is 16.9. The highest BCUT2D eigenvalue weighted by atomic mass is 16.6. The van der Waals surface area contributed by atoms with Crippen LogP contribution in [-0.4, -0.2) is 95.3 Å². The first kappa shape index (κ1) is 36.0. The van der Waals surface area contributed by atoms with Crippen LogP contribution in [0.5, 0.6) is 0 Å². The number of benzene rings is 2. The number of aliphatic hydroxyl groups is 1. The van der Waals surface area contributed by atoms with Crippen molar-refractivity contribution in [3.8, 4) is 0 Å². The fourth-order valence-electron chi connectivity index (χ4n) is 7.69. The maximum atomic E-state index is 14.6. The molecule has 3 saturated heterocycles. The summed E-state index contributed by atoms with van der Waals surface area (Å²) in [5, 5.41) is 13.2. The third-order valence-corrected chi connectivity index (χ3v) is 9.87. The molecule has 49 heavy (non-hydrogen) atoms. The molecule has 0 saturated carbocycles. The molecule has 11 heteroatoms. The standard InChI is InChI=1S/C38H47N3O8/c1-5-7-18-30(43)39-28(24-47-4)33(27-16-12-9-13-17-27)48-37(46)31-29-19-20-38(49-29)32(31)35(44)41(25(3)23-42)34(38)36(45)40(21-6-2)22-26-14-10-8-11-15-26/h5-6,8-17,25,28-29,31-34,42H,1-2,7,18-24H2,3-4H3,(H,39,43)/t25-,28-,29+,31-,32-,33-,34+,38-/m1/s1. The van der Waals surface area contributed by atoms with Crippen LogP contribution in [0.4, 0.5) is 0 Å². The van der Waals surface area contributed by atoms with Crippen LogP contribution in [0.2, 0.25) is 0 Å². The summed E-state index contributed by atoms with van der Waals surface area (Å²) in [5.74, 6) is -3.66. The highest BCUT2D eigenvalue weighted by Crippen LogP contribution is 2.59. The molecule has 3 heterocycles. The van der Waals surface area contributed by atoms with Crippen molar-refractivity contribution in [3.63, 3.8) is 0 Å². The van der Waals surface area contributed by atoms with Crippen LogP contribution in [0.1, 0.15) is 49.8 Å². The third-order valence-electron chi connectivity index (χ3n) is 9.87. The van der Waals surface area contributed by atoms with Gasteiger partial charge in [-0.15, -0.1) is 13.2 Å². The fourth-order valence-corrected chi connectivity index (χ4v) is 7.69. The Morgan fingerprint density at radius 3 is 2.45 bits per heavy atom. The van der Waals surface area contributed by atoms with Crippen LogP contribution < -0.4 is 5.32 Å². The highest BCUT2D eigenvalue weighted by molar-refractivity contribution is 5.98. The van der Waals surface area contributed by atoms with Gasteiger partial charge in [0.25, 0.3) is 0 Å². The fraction of sp³-hybridized carbons (Fsp3) is 0.474. The Balaban J connectivity index is 1.47. The van der Waals surface area contributed by atoms with E-state index in [4.69, 9.17) is 14.2 Å². The molecule has 3 fully saturated rings. The summed E-state index contributed by atoms with van der Waals surface area (Å²) in [6, 6.07) is 16.1. The topological polar surface area (TPSA) is 135 Å². The van der Waals surface area contributed by atoms with Gasteiger partial charge >= 0.3 is 5.97 Å². The van der Waals surface area contributed by atoms with Gasteiger partial charge in [0.1, 0.15) is 17.7 Å². The summed E-state index contributed by atoms with van der Waals surface area (Å²) >= 11 is 0. The van der Waals surface area contributed by atoms with Crippen LogP contribution in [-0.2, 0) is 39.9 Å². The van der Waals surface area contributed by atoms with Gasteiger partial charge in [-0.3, -0.25) is 19.2 Å². The van der Waals surface area contributed by atoms with Gasteiger partial charge in [0.2, 0.25) is 17.7 Å². The summed E-state index contributed by atoms with van der Waals surface area (Å²) in [4.78, 5) is 59.2. The average Bonchev–Trinajstić information content (AvgIpc) is 3.76. The van der Waals surface area contributed by atoms with Crippen molar-refractivity contribution in [2.24, 2.45) is 11.8 Å². The number of nitrogens with zero attached hydrogens (tertiary/aromatic N) is 2. The van der Waals surface area contributed by atoms with Crippen molar-refractivity contribution in [1.82, 2.24) is 15.1 Å². The number of carbonyl (C=O) groups excluding carboxylic acids is 4. The lowest BCUT2D eigenvalue weighted by Gasteiger charge is -2.38. The van der Waals surface area contributed by atoms with E-state index >= 15 is 0 Å². The number of aliphatic hydroxyl groups excluding tert-OH is 1. The van der Waals surface area contributed by atoms with E-state index in [9.17, 15) is 24.3 Å². The molecule has 0 radical (unpaired) electrons. The SMILES string of the molecule is C=CCCC(=O)N[C@H](COC)[C@H](OC(=O)[C@@H]1[C@@H]2CC[C@]3(O2)[C@H](C(=O)N(CC=C)Cc2ccccc2)N([C@H](C)CO)C(=O)[C@@H]13)c1ccccc1. The van der Waals surface area contributed by atoms with Crippen LogP contribution in [0.3, 0.4) is 0 Å². The van der Waals surface area contributed by atoms with E-state index in [1.165, 1.54) is 12.0 Å². The van der Waals surface area contributed by atoms with Crippen molar-refractivity contribution in [2.45, 2.75) is 75.1 Å². The van der Waals surface area contributed by atoms with E-state index in [1.807, 2.05) is 48.5 Å². The largest absolute Gasteiger partial charge is 0.455 e. The third kappa shape index (κ3) is 7.20. The Hall–Kier alpha value is -4.32. The van der Waals surface area contributed by atoms with E-state index in [2.05, 4.69) is 18.5 Å². The minimum absolute atomic E-state index is 0.0580. The summed E-state index contributed by atoms with van der Waals surface area (Å²) in [7, 11) is 1.50. The molecule has 5 rings (SSSR count). The summed E-state index contributed by atoms with van der Waals surface area (Å²) < 4.78 is 18.3. The van der Waals surface area contributed by atoms with Crippen LogP contribution in [0.25, 0.3) is 0 Å². The number of hydrogen-bond acceptors (Lipinski definition) is 8. The first-order chi connectivity index (χ1) is 23.7. The molecule has 2 aromatic rings. The molecule has 1 spiro atoms. The molecular formula is C38H47N3O8. The molecule has 3 aliphatic heterocycles. The van der Waals surface area contributed by atoms with Crippen molar-refractivity contribution in [1.29, 1.82) is 0 Å². The summed E-state index contributed by atoms with van der Waals surface area (Å²) in [6.45, 7) is 9.41. The number of allylic oxidation sites excluding steroid dienone is 1. The van der Waals surface area contributed by atoms with Gasteiger partial charge in [-0.05, 0) is 37.3 Å². The normalized spacial score (nSPS) is 25.6. The number of methoxy groups -OCH3 is 1. The second-order valence-electron chi connectivity index (χ2n) is 13.1. The molecule has 3 amide bonds. The number of rotatable bonds is 17. The average molecular weight is 674 g/mol. The number of amides is 3. The van der Waals surface area contributed by atoms with Crippen molar-refractivity contribution < 1.29 is 38.5 Å². The molecule has 0 aromatic heterocycles. The van der Waals surface area contributed by atoms with Gasteiger partial charge in [-0.1, -0.05) is 72.8 Å². The molecule has 2 bridgehead atoms. The van der Waals surface area contributed by atoms with E-state index in [0.717, 1.165) is 5.56 Å². The first-order valence-electron chi connectivity index (χ1n) is 16.9. The van der Waals surface area contributed by atoms with Crippen molar-refractivity contribution in [2.75, 3.05) is 26.9 Å². The van der Waals surface area contributed by atoms with E-state index in [1.54, 1.807) is 36.1 Å². The molecule has 2 aromatic carbocycles. The van der Waals surface area contributed by atoms with E-state index in [0.29, 0.717) is 24.8 Å². The van der Waals surface area contributed by atoms with Crippen molar-refractivity contribution in [3.05, 3.63) is 97.1 Å². The van der Waals surface area contributed by atoms with Gasteiger partial charge in [0.15, 0.2) is 0 Å². The Labute approximate surface area is 287 Å². The minimum Gasteiger partial charge on any atom is -0.455 e. The molecule has 2 N–H and O–H groups in total. The number of ether oxygens (including phenoxy) is 3. The summed E-state index contributed by atoms with van der Waals surface area (Å²) in [5.41, 5.74) is 0.267.